The summed E-state index contributed by atoms with van der Waals surface area (Å²) in [5.41, 5.74) is 6.17. The van der Waals surface area contributed by atoms with Crippen LogP contribution in [0, 0.1) is 0 Å². The summed E-state index contributed by atoms with van der Waals surface area (Å²) in [7, 11) is 0. The molecule has 0 atom stereocenters. The fraction of sp³-hybridized carbons (Fsp3) is 0.176. The third-order valence-corrected chi connectivity index (χ3v) is 3.11. The van der Waals surface area contributed by atoms with Crippen molar-refractivity contribution in [3.8, 4) is 0 Å². The molecule has 0 aromatic heterocycles. The highest BCUT2D eigenvalue weighted by molar-refractivity contribution is 5.70. The summed E-state index contributed by atoms with van der Waals surface area (Å²) in [5, 5.41) is 2.52. The molecule has 0 aliphatic heterocycles. The van der Waals surface area contributed by atoms with Crippen LogP contribution in [0.3, 0.4) is 0 Å². The zero-order chi connectivity index (χ0) is 16.7. The smallest absolute Gasteiger partial charge is 0.397 e. The highest BCUT2D eigenvalue weighted by atomic mass is 16.7. The predicted molar refractivity (Wildman–Crippen MR) is 84.5 cm³/mol. The topological polar surface area (TPSA) is 90.7 Å². The molecule has 0 saturated carbocycles. The number of carbonyl (C=O) groups excluding carboxylic acids is 2. The molecule has 0 radical (unpaired) electrons. The van der Waals surface area contributed by atoms with Crippen LogP contribution in [0.5, 0.6) is 0 Å². The van der Waals surface area contributed by atoms with Gasteiger partial charge in [-0.25, -0.2) is 9.59 Å². The lowest BCUT2D eigenvalue weighted by molar-refractivity contribution is -0.136. The minimum atomic E-state index is -1.76. The number of ether oxygens (including phenoxy) is 2. The van der Waals surface area contributed by atoms with Crippen molar-refractivity contribution in [3.63, 3.8) is 0 Å². The second kappa shape index (κ2) is 7.31. The molecule has 2 rings (SSSR count). The number of primary amides is 1. The minimum absolute atomic E-state index is 0.370. The maximum atomic E-state index is 12.0. The fourth-order valence-corrected chi connectivity index (χ4v) is 2.19. The molecule has 120 valence electrons. The summed E-state index contributed by atoms with van der Waals surface area (Å²) in [6.45, 7) is 2.12. The number of hydrogen-bond acceptors (Lipinski definition) is 4. The largest absolute Gasteiger partial charge is 0.410 e. The number of amides is 2. The van der Waals surface area contributed by atoms with Crippen LogP contribution < -0.4 is 11.1 Å². The SMILES string of the molecule is CCNC(=O)OC(OC(N)=O)(c1ccccc1)c1ccccc1. The Hall–Kier alpha value is -3.02. The molecule has 3 N–H and O–H groups in total. The molecule has 2 amide bonds. The lowest BCUT2D eigenvalue weighted by Gasteiger charge is -2.32. The molecule has 0 bridgehead atoms. The predicted octanol–water partition coefficient (Wildman–Crippen LogP) is 2.73. The number of nitrogens with one attached hydrogen (secondary N) is 1. The molecular formula is C17H18N2O4. The van der Waals surface area contributed by atoms with Crippen LogP contribution in [-0.2, 0) is 15.3 Å². The van der Waals surface area contributed by atoms with Crippen molar-refractivity contribution < 1.29 is 19.1 Å². The Balaban J connectivity index is 2.58. The molecule has 0 heterocycles. The van der Waals surface area contributed by atoms with E-state index in [1.807, 2.05) is 0 Å². The van der Waals surface area contributed by atoms with Crippen molar-refractivity contribution in [2.45, 2.75) is 12.7 Å². The van der Waals surface area contributed by atoms with Gasteiger partial charge in [0, 0.05) is 17.7 Å². The monoisotopic (exact) mass is 314 g/mol. The van der Waals surface area contributed by atoms with Crippen molar-refractivity contribution in [1.82, 2.24) is 5.32 Å². The number of nitrogens with two attached hydrogens (primary N) is 1. The first kappa shape index (κ1) is 16.4. The zero-order valence-corrected chi connectivity index (χ0v) is 12.7. The number of hydrogen-bond donors (Lipinski definition) is 2. The van der Waals surface area contributed by atoms with Crippen LogP contribution in [0.1, 0.15) is 18.1 Å². The van der Waals surface area contributed by atoms with Gasteiger partial charge in [0.05, 0.1) is 0 Å². The van der Waals surface area contributed by atoms with E-state index in [0.717, 1.165) is 0 Å². The summed E-state index contributed by atoms with van der Waals surface area (Å²) in [4.78, 5) is 23.5. The molecule has 6 heteroatoms. The van der Waals surface area contributed by atoms with Crippen molar-refractivity contribution >= 4 is 12.2 Å². The van der Waals surface area contributed by atoms with Crippen LogP contribution in [0.25, 0.3) is 0 Å². The minimum Gasteiger partial charge on any atom is -0.397 e. The maximum absolute atomic E-state index is 12.0. The van der Waals surface area contributed by atoms with Gasteiger partial charge in [-0.1, -0.05) is 60.7 Å². The number of benzene rings is 2. The van der Waals surface area contributed by atoms with Gasteiger partial charge in [-0.2, -0.15) is 0 Å². The van der Waals surface area contributed by atoms with Gasteiger partial charge in [0.1, 0.15) is 0 Å². The Bertz CT molecular complexity index is 619. The average molecular weight is 314 g/mol. The van der Waals surface area contributed by atoms with Gasteiger partial charge in [0.15, 0.2) is 0 Å². The Morgan fingerprint density at radius 1 is 0.957 bits per heavy atom. The van der Waals surface area contributed by atoms with Crippen LogP contribution in [0.2, 0.25) is 0 Å². The normalized spacial score (nSPS) is 10.7. The van der Waals surface area contributed by atoms with Crippen molar-refractivity contribution in [2.75, 3.05) is 6.54 Å². The van der Waals surface area contributed by atoms with Gasteiger partial charge in [-0.3, -0.25) is 0 Å². The molecule has 6 nitrogen and oxygen atoms in total. The van der Waals surface area contributed by atoms with E-state index >= 15 is 0 Å². The van der Waals surface area contributed by atoms with Crippen molar-refractivity contribution in [2.24, 2.45) is 5.73 Å². The highest BCUT2D eigenvalue weighted by Crippen LogP contribution is 2.35. The van der Waals surface area contributed by atoms with Gasteiger partial charge in [0.2, 0.25) is 0 Å². The number of rotatable bonds is 5. The van der Waals surface area contributed by atoms with Gasteiger partial charge < -0.3 is 20.5 Å². The Labute approximate surface area is 134 Å². The highest BCUT2D eigenvalue weighted by Gasteiger charge is 2.42. The van der Waals surface area contributed by atoms with E-state index in [1.54, 1.807) is 67.6 Å². The summed E-state index contributed by atoms with van der Waals surface area (Å²) < 4.78 is 10.8. The number of carbonyl (C=O) groups is 2. The molecule has 2 aromatic rings. The second-order valence-corrected chi connectivity index (χ2v) is 4.69. The Morgan fingerprint density at radius 2 is 1.43 bits per heavy atom. The van der Waals surface area contributed by atoms with Crippen LogP contribution in [-0.4, -0.2) is 18.7 Å². The Kier molecular flexibility index (Phi) is 5.19. The van der Waals surface area contributed by atoms with E-state index in [9.17, 15) is 9.59 Å². The quantitative estimate of drug-likeness (QED) is 0.830. The van der Waals surface area contributed by atoms with Gasteiger partial charge >= 0.3 is 18.0 Å². The van der Waals surface area contributed by atoms with Gasteiger partial charge in [0.25, 0.3) is 0 Å². The average Bonchev–Trinajstić information content (AvgIpc) is 2.55. The summed E-state index contributed by atoms with van der Waals surface area (Å²) in [6.07, 6.45) is -1.77. The molecule has 0 spiro atoms. The fourth-order valence-electron chi connectivity index (χ4n) is 2.19. The summed E-state index contributed by atoms with van der Waals surface area (Å²) in [5.74, 6) is -1.76. The third-order valence-electron chi connectivity index (χ3n) is 3.11. The van der Waals surface area contributed by atoms with E-state index in [0.29, 0.717) is 17.7 Å². The van der Waals surface area contributed by atoms with Gasteiger partial charge in [-0.05, 0) is 6.92 Å². The lowest BCUT2D eigenvalue weighted by atomic mass is 9.97. The molecule has 0 saturated heterocycles. The van der Waals surface area contributed by atoms with E-state index in [1.165, 1.54) is 0 Å². The molecule has 0 fully saturated rings. The second-order valence-electron chi connectivity index (χ2n) is 4.69. The van der Waals surface area contributed by atoms with Crippen LogP contribution >= 0.6 is 0 Å². The van der Waals surface area contributed by atoms with Crippen LogP contribution in [0.15, 0.2) is 60.7 Å². The molecule has 0 unspecified atom stereocenters. The molecular weight excluding hydrogens is 296 g/mol. The van der Waals surface area contributed by atoms with Crippen LogP contribution in [0.4, 0.5) is 9.59 Å². The third kappa shape index (κ3) is 3.79. The van der Waals surface area contributed by atoms with E-state index in [4.69, 9.17) is 15.2 Å². The van der Waals surface area contributed by atoms with Crippen molar-refractivity contribution in [3.05, 3.63) is 71.8 Å². The maximum Gasteiger partial charge on any atom is 0.410 e. The van der Waals surface area contributed by atoms with E-state index in [2.05, 4.69) is 5.32 Å². The summed E-state index contributed by atoms with van der Waals surface area (Å²) >= 11 is 0. The van der Waals surface area contributed by atoms with E-state index in [-0.39, 0.29) is 0 Å². The zero-order valence-electron chi connectivity index (χ0n) is 12.7. The first-order valence-electron chi connectivity index (χ1n) is 7.15. The lowest BCUT2D eigenvalue weighted by Crippen LogP contribution is -2.43. The summed E-state index contributed by atoms with van der Waals surface area (Å²) in [6, 6.07) is 17.4. The standard InChI is InChI=1S/C17H18N2O4/c1-2-19-16(21)23-17(22-15(18)20,13-9-5-3-6-10-13)14-11-7-4-8-12-14/h3-12H,2H2,1H3,(H2,18,20)(H,19,21). The first-order chi connectivity index (χ1) is 11.1. The number of alkyl carbamates (subject to hydrolysis) is 1. The van der Waals surface area contributed by atoms with Gasteiger partial charge in [-0.15, -0.1) is 0 Å². The molecule has 0 aliphatic carbocycles. The van der Waals surface area contributed by atoms with Crippen molar-refractivity contribution in [1.29, 1.82) is 0 Å². The molecule has 23 heavy (non-hydrogen) atoms. The molecule has 2 aromatic carbocycles. The first-order valence-corrected chi connectivity index (χ1v) is 7.15. The molecule has 0 aliphatic rings. The Morgan fingerprint density at radius 3 is 1.83 bits per heavy atom. The van der Waals surface area contributed by atoms with E-state index < -0.39 is 18.0 Å².